The SMILES string of the molecule is CCCN(Cc1nc2cc(Cl)ccc2c(=O)[nH]1)C(=O)[C@H](C)Oc1ccc(Cl)cc1Cl. The fraction of sp³-hybridized carbons (Fsp3) is 0.286. The number of fused-ring (bicyclic) bond motifs is 1. The molecule has 0 aliphatic rings. The second-order valence-corrected chi connectivity index (χ2v) is 8.05. The second-order valence-electron chi connectivity index (χ2n) is 6.77. The van der Waals surface area contributed by atoms with E-state index in [9.17, 15) is 9.59 Å². The Kier molecular flexibility index (Phi) is 7.23. The van der Waals surface area contributed by atoms with Crippen LogP contribution in [0.1, 0.15) is 26.1 Å². The molecule has 9 heteroatoms. The number of carbonyl (C=O) groups excluding carboxylic acids is 1. The number of aromatic nitrogens is 2. The van der Waals surface area contributed by atoms with Crippen LogP contribution in [0.4, 0.5) is 0 Å². The van der Waals surface area contributed by atoms with Crippen LogP contribution in [-0.4, -0.2) is 33.4 Å². The molecule has 0 aliphatic heterocycles. The molecule has 0 bridgehead atoms. The summed E-state index contributed by atoms with van der Waals surface area (Å²) in [6, 6.07) is 9.68. The van der Waals surface area contributed by atoms with E-state index in [1.807, 2.05) is 6.92 Å². The van der Waals surface area contributed by atoms with E-state index in [0.717, 1.165) is 6.42 Å². The zero-order valence-electron chi connectivity index (χ0n) is 16.4. The molecule has 3 aromatic rings. The first kappa shape index (κ1) is 22.4. The van der Waals surface area contributed by atoms with Gasteiger partial charge in [-0.1, -0.05) is 41.7 Å². The molecular formula is C21H20Cl3N3O3. The van der Waals surface area contributed by atoms with Crippen LogP contribution in [0.2, 0.25) is 15.1 Å². The van der Waals surface area contributed by atoms with Crippen LogP contribution in [0.25, 0.3) is 10.9 Å². The van der Waals surface area contributed by atoms with Gasteiger partial charge in [-0.25, -0.2) is 4.98 Å². The molecule has 1 heterocycles. The molecule has 2 aromatic carbocycles. The van der Waals surface area contributed by atoms with Gasteiger partial charge >= 0.3 is 0 Å². The van der Waals surface area contributed by atoms with E-state index in [1.165, 1.54) is 0 Å². The van der Waals surface area contributed by atoms with Crippen molar-refractivity contribution in [1.82, 2.24) is 14.9 Å². The van der Waals surface area contributed by atoms with Gasteiger partial charge in [0.05, 0.1) is 22.5 Å². The third kappa shape index (κ3) is 5.25. The van der Waals surface area contributed by atoms with Crippen molar-refractivity contribution in [2.75, 3.05) is 6.54 Å². The average molecular weight is 469 g/mol. The summed E-state index contributed by atoms with van der Waals surface area (Å²) < 4.78 is 5.75. The number of hydrogen-bond donors (Lipinski definition) is 1. The van der Waals surface area contributed by atoms with E-state index >= 15 is 0 Å². The van der Waals surface area contributed by atoms with Gasteiger partial charge in [0, 0.05) is 16.6 Å². The Labute approximate surface area is 188 Å². The molecule has 0 unspecified atom stereocenters. The number of benzene rings is 2. The molecule has 1 atom stereocenters. The first-order valence-electron chi connectivity index (χ1n) is 9.37. The molecule has 0 fully saturated rings. The predicted molar refractivity (Wildman–Crippen MR) is 120 cm³/mol. The summed E-state index contributed by atoms with van der Waals surface area (Å²) in [7, 11) is 0. The first-order chi connectivity index (χ1) is 14.3. The van der Waals surface area contributed by atoms with Gasteiger partial charge in [-0.3, -0.25) is 9.59 Å². The molecule has 6 nitrogen and oxygen atoms in total. The van der Waals surface area contributed by atoms with Gasteiger partial charge in [0.2, 0.25) is 0 Å². The topological polar surface area (TPSA) is 75.3 Å². The minimum atomic E-state index is -0.795. The van der Waals surface area contributed by atoms with Crippen LogP contribution in [0.3, 0.4) is 0 Å². The van der Waals surface area contributed by atoms with Crippen molar-refractivity contribution in [2.24, 2.45) is 0 Å². The number of nitrogens with one attached hydrogen (secondary N) is 1. The van der Waals surface area contributed by atoms with E-state index in [4.69, 9.17) is 39.5 Å². The zero-order chi connectivity index (χ0) is 21.8. The Hall–Kier alpha value is -2.28. The number of hydrogen-bond acceptors (Lipinski definition) is 4. The van der Waals surface area contributed by atoms with Crippen LogP contribution < -0.4 is 10.3 Å². The Bertz CT molecular complexity index is 1130. The Morgan fingerprint density at radius 1 is 1.17 bits per heavy atom. The Balaban J connectivity index is 1.81. The van der Waals surface area contributed by atoms with E-state index in [1.54, 1.807) is 48.2 Å². The van der Waals surface area contributed by atoms with Gasteiger partial charge in [0.1, 0.15) is 11.6 Å². The highest BCUT2D eigenvalue weighted by Crippen LogP contribution is 2.28. The van der Waals surface area contributed by atoms with E-state index in [0.29, 0.717) is 44.1 Å². The van der Waals surface area contributed by atoms with Crippen molar-refractivity contribution < 1.29 is 9.53 Å². The molecule has 0 saturated heterocycles. The smallest absolute Gasteiger partial charge is 0.263 e. The monoisotopic (exact) mass is 467 g/mol. The summed E-state index contributed by atoms with van der Waals surface area (Å²) in [6.45, 7) is 4.20. The number of amides is 1. The average Bonchev–Trinajstić information content (AvgIpc) is 2.68. The lowest BCUT2D eigenvalue weighted by Gasteiger charge is -2.25. The van der Waals surface area contributed by atoms with Crippen molar-refractivity contribution in [3.05, 3.63) is 67.6 Å². The molecule has 30 heavy (non-hydrogen) atoms. The molecule has 1 amide bonds. The molecule has 158 valence electrons. The molecule has 0 spiro atoms. The quantitative estimate of drug-likeness (QED) is 0.524. The summed E-state index contributed by atoms with van der Waals surface area (Å²) in [5.74, 6) is 0.482. The zero-order valence-corrected chi connectivity index (χ0v) is 18.7. The number of rotatable bonds is 7. The van der Waals surface area contributed by atoms with Gasteiger partial charge in [0.15, 0.2) is 6.10 Å². The summed E-state index contributed by atoms with van der Waals surface area (Å²) in [5, 5.41) is 1.72. The minimum absolute atomic E-state index is 0.131. The molecule has 0 aliphatic carbocycles. The first-order valence-corrected chi connectivity index (χ1v) is 10.5. The number of ether oxygens (including phenoxy) is 1. The van der Waals surface area contributed by atoms with E-state index in [2.05, 4.69) is 9.97 Å². The summed E-state index contributed by atoms with van der Waals surface area (Å²) in [6.07, 6.45) is -0.0686. The predicted octanol–water partition coefficient (Wildman–Crippen LogP) is 5.09. The number of H-pyrrole nitrogens is 1. The highest BCUT2D eigenvalue weighted by molar-refractivity contribution is 6.35. The van der Waals surface area contributed by atoms with Crippen molar-refractivity contribution in [3.8, 4) is 5.75 Å². The summed E-state index contributed by atoms with van der Waals surface area (Å²) in [5.41, 5.74) is 0.190. The standard InChI is InChI=1S/C21H20Cl3N3O3/c1-3-8-27(21(29)12(2)30-18-7-5-13(22)9-16(18)24)11-19-25-17-10-14(23)4-6-15(17)20(28)26-19/h4-7,9-10,12H,3,8,11H2,1-2H3,(H,25,26,28)/t12-/m0/s1. The van der Waals surface area contributed by atoms with Crippen molar-refractivity contribution in [2.45, 2.75) is 32.9 Å². The maximum atomic E-state index is 13.0. The van der Waals surface area contributed by atoms with Crippen LogP contribution in [-0.2, 0) is 11.3 Å². The maximum Gasteiger partial charge on any atom is 0.263 e. The molecule has 1 N–H and O–H groups in total. The van der Waals surface area contributed by atoms with Gasteiger partial charge in [-0.05, 0) is 49.7 Å². The van der Waals surface area contributed by atoms with Crippen LogP contribution in [0, 0.1) is 0 Å². The molecule has 1 aromatic heterocycles. The van der Waals surface area contributed by atoms with Crippen LogP contribution in [0.5, 0.6) is 5.75 Å². The highest BCUT2D eigenvalue weighted by Gasteiger charge is 2.23. The summed E-state index contributed by atoms with van der Waals surface area (Å²) >= 11 is 18.1. The lowest BCUT2D eigenvalue weighted by Crippen LogP contribution is -2.41. The van der Waals surface area contributed by atoms with Gasteiger partial charge in [-0.15, -0.1) is 0 Å². The van der Waals surface area contributed by atoms with Crippen LogP contribution >= 0.6 is 34.8 Å². The number of carbonyl (C=O) groups is 1. The Morgan fingerprint density at radius 3 is 2.57 bits per heavy atom. The largest absolute Gasteiger partial charge is 0.479 e. The third-order valence-corrected chi connectivity index (χ3v) is 5.17. The lowest BCUT2D eigenvalue weighted by atomic mass is 10.2. The molecular weight excluding hydrogens is 449 g/mol. The van der Waals surface area contributed by atoms with Crippen molar-refractivity contribution in [1.29, 1.82) is 0 Å². The van der Waals surface area contributed by atoms with E-state index < -0.39 is 6.10 Å². The number of nitrogens with zero attached hydrogens (tertiary/aromatic N) is 2. The fourth-order valence-electron chi connectivity index (χ4n) is 3.02. The molecule has 0 saturated carbocycles. The minimum Gasteiger partial charge on any atom is -0.479 e. The third-order valence-electron chi connectivity index (χ3n) is 4.41. The van der Waals surface area contributed by atoms with E-state index in [-0.39, 0.29) is 18.0 Å². The second kappa shape index (κ2) is 9.69. The fourth-order valence-corrected chi connectivity index (χ4v) is 3.64. The van der Waals surface area contributed by atoms with Crippen molar-refractivity contribution >= 4 is 51.6 Å². The van der Waals surface area contributed by atoms with Gasteiger partial charge in [-0.2, -0.15) is 0 Å². The number of aromatic amines is 1. The Morgan fingerprint density at radius 2 is 1.87 bits per heavy atom. The molecule has 0 radical (unpaired) electrons. The molecule has 3 rings (SSSR count). The van der Waals surface area contributed by atoms with Gasteiger partial charge in [0.25, 0.3) is 11.5 Å². The maximum absolute atomic E-state index is 13.0. The summed E-state index contributed by atoms with van der Waals surface area (Å²) in [4.78, 5) is 34.2. The van der Waals surface area contributed by atoms with Crippen LogP contribution in [0.15, 0.2) is 41.2 Å². The van der Waals surface area contributed by atoms with Crippen molar-refractivity contribution in [3.63, 3.8) is 0 Å². The highest BCUT2D eigenvalue weighted by atomic mass is 35.5. The number of halogens is 3. The normalized spacial score (nSPS) is 12.0. The van der Waals surface area contributed by atoms with Gasteiger partial charge < -0.3 is 14.6 Å². The lowest BCUT2D eigenvalue weighted by molar-refractivity contribution is -0.138.